The molecule has 0 saturated carbocycles. The number of carbonyl (C=O) groups is 1. The molecule has 0 aromatic heterocycles. The fourth-order valence-corrected chi connectivity index (χ4v) is 4.20. The molecule has 9 heteroatoms. The Kier molecular flexibility index (Phi) is 6.21. The Labute approximate surface area is 159 Å². The van der Waals surface area contributed by atoms with Crippen LogP contribution in [-0.4, -0.2) is 32.2 Å². The third-order valence-electron chi connectivity index (χ3n) is 3.41. The van der Waals surface area contributed by atoms with Gasteiger partial charge >= 0.3 is 0 Å². The first-order valence-corrected chi connectivity index (χ1v) is 9.70. The van der Waals surface area contributed by atoms with Crippen molar-refractivity contribution in [1.29, 1.82) is 0 Å². The van der Waals surface area contributed by atoms with Crippen molar-refractivity contribution in [1.82, 2.24) is 4.31 Å². The van der Waals surface area contributed by atoms with Gasteiger partial charge in [0.15, 0.2) is 0 Å². The van der Waals surface area contributed by atoms with Crippen LogP contribution < -0.4 is 5.32 Å². The minimum absolute atomic E-state index is 0.240. The number of carbonyl (C=O) groups excluding carboxylic acids is 1. The molecule has 2 aromatic carbocycles. The maximum Gasteiger partial charge on any atom is 0.244 e. The van der Waals surface area contributed by atoms with Gasteiger partial charge in [-0.05, 0) is 48.9 Å². The van der Waals surface area contributed by atoms with Gasteiger partial charge in [0.2, 0.25) is 15.9 Å². The lowest BCUT2D eigenvalue weighted by molar-refractivity contribution is -0.116. The highest BCUT2D eigenvalue weighted by Crippen LogP contribution is 2.25. The van der Waals surface area contributed by atoms with Crippen LogP contribution in [0.5, 0.6) is 0 Å². The Balaban J connectivity index is 2.14. The molecule has 0 unspecified atom stereocenters. The zero-order valence-electron chi connectivity index (χ0n) is 13.4. The quantitative estimate of drug-likeness (QED) is 0.755. The SMILES string of the molecule is Cc1cc(Br)ccc1NC(=O)CN(C)S(=O)(=O)c1ccc(F)cc1Cl. The van der Waals surface area contributed by atoms with Crippen LogP contribution in [0.25, 0.3) is 0 Å². The van der Waals surface area contributed by atoms with E-state index in [-0.39, 0.29) is 9.92 Å². The van der Waals surface area contributed by atoms with Gasteiger partial charge in [0, 0.05) is 17.2 Å². The zero-order valence-corrected chi connectivity index (χ0v) is 16.5. The normalized spacial score (nSPS) is 11.6. The molecule has 134 valence electrons. The van der Waals surface area contributed by atoms with Crippen molar-refractivity contribution in [3.8, 4) is 0 Å². The summed E-state index contributed by atoms with van der Waals surface area (Å²) >= 11 is 9.14. The second-order valence-electron chi connectivity index (χ2n) is 5.34. The maximum absolute atomic E-state index is 13.1. The van der Waals surface area contributed by atoms with Crippen LogP contribution >= 0.6 is 27.5 Å². The van der Waals surface area contributed by atoms with Crippen LogP contribution in [0.3, 0.4) is 0 Å². The van der Waals surface area contributed by atoms with Gasteiger partial charge in [-0.3, -0.25) is 4.79 Å². The Morgan fingerprint density at radius 2 is 1.96 bits per heavy atom. The van der Waals surface area contributed by atoms with E-state index in [1.165, 1.54) is 7.05 Å². The van der Waals surface area contributed by atoms with Gasteiger partial charge in [-0.1, -0.05) is 27.5 Å². The van der Waals surface area contributed by atoms with E-state index in [1.807, 2.05) is 13.0 Å². The third kappa shape index (κ3) is 4.78. The zero-order chi connectivity index (χ0) is 18.8. The van der Waals surface area contributed by atoms with Gasteiger partial charge in [-0.2, -0.15) is 4.31 Å². The topological polar surface area (TPSA) is 66.5 Å². The fourth-order valence-electron chi connectivity index (χ4n) is 2.10. The molecule has 1 amide bonds. The van der Waals surface area contributed by atoms with Crippen molar-refractivity contribution in [2.45, 2.75) is 11.8 Å². The molecule has 0 atom stereocenters. The summed E-state index contributed by atoms with van der Waals surface area (Å²) in [5, 5.41) is 2.42. The monoisotopic (exact) mass is 448 g/mol. The average Bonchev–Trinajstić information content (AvgIpc) is 2.49. The van der Waals surface area contributed by atoms with Crippen molar-refractivity contribution in [3.63, 3.8) is 0 Å². The number of aryl methyl sites for hydroxylation is 1. The van der Waals surface area contributed by atoms with Crippen LogP contribution in [0.2, 0.25) is 5.02 Å². The Morgan fingerprint density at radius 3 is 2.56 bits per heavy atom. The van der Waals surface area contributed by atoms with Crippen LogP contribution in [-0.2, 0) is 14.8 Å². The highest BCUT2D eigenvalue weighted by Gasteiger charge is 2.25. The molecule has 25 heavy (non-hydrogen) atoms. The predicted molar refractivity (Wildman–Crippen MR) is 98.7 cm³/mol. The highest BCUT2D eigenvalue weighted by atomic mass is 79.9. The van der Waals surface area contributed by atoms with E-state index >= 15 is 0 Å². The lowest BCUT2D eigenvalue weighted by Gasteiger charge is -2.18. The number of nitrogens with zero attached hydrogens (tertiary/aromatic N) is 1. The van der Waals surface area contributed by atoms with E-state index in [0.29, 0.717) is 5.69 Å². The van der Waals surface area contributed by atoms with Crippen molar-refractivity contribution < 1.29 is 17.6 Å². The molecule has 5 nitrogen and oxygen atoms in total. The molecule has 0 fully saturated rings. The van der Waals surface area contributed by atoms with Gasteiger partial charge < -0.3 is 5.32 Å². The Bertz CT molecular complexity index is 922. The molecule has 0 spiro atoms. The second-order valence-corrected chi connectivity index (χ2v) is 8.68. The highest BCUT2D eigenvalue weighted by molar-refractivity contribution is 9.10. The van der Waals surface area contributed by atoms with Crippen molar-refractivity contribution in [2.24, 2.45) is 0 Å². The molecule has 1 N–H and O–H groups in total. The van der Waals surface area contributed by atoms with E-state index in [2.05, 4.69) is 21.2 Å². The number of hydrogen-bond acceptors (Lipinski definition) is 3. The summed E-state index contributed by atoms with van der Waals surface area (Å²) in [5.74, 6) is -1.15. The van der Waals surface area contributed by atoms with Gasteiger partial charge in [0.25, 0.3) is 0 Å². The minimum atomic E-state index is -4.02. The largest absolute Gasteiger partial charge is 0.325 e. The smallest absolute Gasteiger partial charge is 0.244 e. The number of anilines is 1. The number of nitrogens with one attached hydrogen (secondary N) is 1. The molecule has 0 aliphatic heterocycles. The predicted octanol–water partition coefficient (Wildman–Crippen LogP) is 3.81. The fraction of sp³-hybridized carbons (Fsp3) is 0.188. The van der Waals surface area contributed by atoms with Crippen molar-refractivity contribution in [2.75, 3.05) is 18.9 Å². The van der Waals surface area contributed by atoms with Crippen LogP contribution in [0.15, 0.2) is 45.8 Å². The van der Waals surface area contributed by atoms with Crippen LogP contribution in [0.1, 0.15) is 5.56 Å². The molecule has 0 aliphatic carbocycles. The number of hydrogen-bond donors (Lipinski definition) is 1. The molecule has 0 bridgehead atoms. The molecule has 0 heterocycles. The van der Waals surface area contributed by atoms with Gasteiger partial charge in [0.1, 0.15) is 10.7 Å². The Hall–Kier alpha value is -1.48. The average molecular weight is 450 g/mol. The van der Waals surface area contributed by atoms with E-state index in [4.69, 9.17) is 11.6 Å². The summed E-state index contributed by atoms with van der Waals surface area (Å²) in [6.07, 6.45) is 0. The van der Waals surface area contributed by atoms with E-state index in [1.54, 1.807) is 12.1 Å². The molecule has 0 radical (unpaired) electrons. The lowest BCUT2D eigenvalue weighted by Crippen LogP contribution is -2.35. The third-order valence-corrected chi connectivity index (χ3v) is 6.19. The van der Waals surface area contributed by atoms with E-state index < -0.39 is 28.3 Å². The standard InChI is InChI=1S/C16H15BrClFN2O3S/c1-10-7-11(17)3-5-14(10)20-16(22)9-21(2)25(23,24)15-6-4-12(19)8-13(15)18/h3-8H,9H2,1-2H3,(H,20,22). The Morgan fingerprint density at radius 1 is 1.28 bits per heavy atom. The maximum atomic E-state index is 13.1. The van der Waals surface area contributed by atoms with Crippen LogP contribution in [0.4, 0.5) is 10.1 Å². The summed E-state index contributed by atoms with van der Waals surface area (Å²) in [6.45, 7) is 1.41. The molecule has 0 aliphatic rings. The minimum Gasteiger partial charge on any atom is -0.325 e. The first-order chi connectivity index (χ1) is 11.6. The first kappa shape index (κ1) is 19.8. The van der Waals surface area contributed by atoms with Crippen LogP contribution in [0, 0.1) is 12.7 Å². The van der Waals surface area contributed by atoms with Crippen molar-refractivity contribution in [3.05, 3.63) is 57.3 Å². The van der Waals surface area contributed by atoms with Gasteiger partial charge in [-0.15, -0.1) is 0 Å². The number of likely N-dealkylation sites (N-methyl/N-ethyl adjacent to an activating group) is 1. The number of amides is 1. The number of halogens is 3. The molecular weight excluding hydrogens is 435 g/mol. The number of sulfonamides is 1. The molecular formula is C16H15BrClFN2O3S. The molecule has 2 aromatic rings. The number of rotatable bonds is 5. The van der Waals surface area contributed by atoms with E-state index in [9.17, 15) is 17.6 Å². The summed E-state index contributed by atoms with van der Waals surface area (Å²) in [6, 6.07) is 8.28. The van der Waals surface area contributed by atoms with Gasteiger partial charge in [-0.25, -0.2) is 12.8 Å². The molecule has 2 rings (SSSR count). The van der Waals surface area contributed by atoms with Gasteiger partial charge in [0.05, 0.1) is 11.6 Å². The number of benzene rings is 2. The lowest BCUT2D eigenvalue weighted by atomic mass is 10.2. The summed E-state index contributed by atoms with van der Waals surface area (Å²) < 4.78 is 39.8. The van der Waals surface area contributed by atoms with E-state index in [0.717, 1.165) is 32.5 Å². The second kappa shape index (κ2) is 7.82. The summed E-state index contributed by atoms with van der Waals surface area (Å²) in [5.41, 5.74) is 1.41. The van der Waals surface area contributed by atoms with Crippen molar-refractivity contribution >= 4 is 49.1 Å². The molecule has 0 saturated heterocycles. The first-order valence-electron chi connectivity index (χ1n) is 7.08. The summed E-state index contributed by atoms with van der Waals surface area (Å²) in [4.78, 5) is 11.9. The summed E-state index contributed by atoms with van der Waals surface area (Å²) in [7, 11) is -2.77.